The molecule has 1 aliphatic carbocycles. The number of ether oxygens (including phenoxy) is 1. The number of aromatic nitrogens is 1. The molecule has 1 amide bonds. The van der Waals surface area contributed by atoms with E-state index in [1.165, 1.54) is 11.3 Å². The smallest absolute Gasteiger partial charge is 0.404 e. The summed E-state index contributed by atoms with van der Waals surface area (Å²) in [7, 11) is -3.72. The van der Waals surface area contributed by atoms with Gasteiger partial charge in [-0.25, -0.2) is 22.9 Å². The van der Waals surface area contributed by atoms with E-state index < -0.39 is 16.1 Å². The van der Waals surface area contributed by atoms with Crippen molar-refractivity contribution in [2.24, 2.45) is 5.92 Å². The van der Waals surface area contributed by atoms with Crippen LogP contribution in [0.2, 0.25) is 0 Å². The molecule has 0 atom stereocenters. The summed E-state index contributed by atoms with van der Waals surface area (Å²) in [4.78, 5) is 16.6. The number of thiazole rings is 1. The summed E-state index contributed by atoms with van der Waals surface area (Å²) >= 11 is 1.52. The van der Waals surface area contributed by atoms with E-state index >= 15 is 0 Å². The predicted octanol–water partition coefficient (Wildman–Crippen LogP) is 4.24. The van der Waals surface area contributed by atoms with Gasteiger partial charge in [0, 0.05) is 36.0 Å². The lowest BCUT2D eigenvalue weighted by Crippen LogP contribution is -2.59. The van der Waals surface area contributed by atoms with E-state index in [9.17, 15) is 13.2 Å². The van der Waals surface area contributed by atoms with Crippen LogP contribution in [0.25, 0.3) is 10.4 Å². The minimum absolute atomic E-state index is 0.0182. The highest BCUT2D eigenvalue weighted by Gasteiger charge is 2.41. The van der Waals surface area contributed by atoms with Crippen LogP contribution in [-0.4, -0.2) is 55.9 Å². The Balaban J connectivity index is 1.60. The van der Waals surface area contributed by atoms with Gasteiger partial charge in [0.1, 0.15) is 0 Å². The molecule has 192 valence electrons. The monoisotopic (exact) mass is 522 g/mol. The molecule has 2 heterocycles. The molecule has 9 nitrogen and oxygen atoms in total. The molecule has 4 N–H and O–H groups in total. The summed E-state index contributed by atoms with van der Waals surface area (Å²) < 4.78 is 34.4. The second kappa shape index (κ2) is 10.4. The van der Waals surface area contributed by atoms with Gasteiger partial charge in [0.2, 0.25) is 10.0 Å². The van der Waals surface area contributed by atoms with Crippen molar-refractivity contribution in [1.29, 1.82) is 0 Å². The molecule has 4 rings (SSSR count). The zero-order valence-electron chi connectivity index (χ0n) is 20.3. The van der Waals surface area contributed by atoms with Crippen LogP contribution in [0.4, 0.5) is 10.5 Å². The maximum absolute atomic E-state index is 13.2. The first-order chi connectivity index (χ1) is 16.6. The maximum atomic E-state index is 13.2. The third-order valence-electron chi connectivity index (χ3n) is 7.02. The van der Waals surface area contributed by atoms with Crippen LogP contribution in [0.5, 0.6) is 0 Å². The highest BCUT2D eigenvalue weighted by molar-refractivity contribution is 7.89. The lowest BCUT2D eigenvalue weighted by Gasteiger charge is -2.46. The van der Waals surface area contributed by atoms with Crippen LogP contribution in [-0.2, 0) is 14.8 Å². The van der Waals surface area contributed by atoms with E-state index in [1.54, 1.807) is 19.2 Å². The molecule has 0 unspecified atom stereocenters. The fourth-order valence-corrected chi connectivity index (χ4v) is 7.19. The molecule has 0 radical (unpaired) electrons. The number of nitrogens with zero attached hydrogens (tertiary/aromatic N) is 1. The minimum Gasteiger partial charge on any atom is -0.465 e. The number of carbonyl (C=O) groups is 1. The van der Waals surface area contributed by atoms with Gasteiger partial charge < -0.3 is 20.5 Å². The van der Waals surface area contributed by atoms with E-state index in [0.717, 1.165) is 41.3 Å². The van der Waals surface area contributed by atoms with Gasteiger partial charge in [0.25, 0.3) is 0 Å². The van der Waals surface area contributed by atoms with Gasteiger partial charge in [0.15, 0.2) is 0 Å². The van der Waals surface area contributed by atoms with E-state index in [1.807, 2.05) is 12.1 Å². The lowest BCUT2D eigenvalue weighted by molar-refractivity contribution is -0.0634. The molecule has 0 bridgehead atoms. The zero-order valence-corrected chi connectivity index (χ0v) is 22.0. The molecule has 1 aliphatic heterocycles. The average Bonchev–Trinajstić information content (AvgIpc) is 3.26. The van der Waals surface area contributed by atoms with Gasteiger partial charge in [0.05, 0.1) is 33.5 Å². The van der Waals surface area contributed by atoms with Crippen molar-refractivity contribution in [1.82, 2.24) is 15.0 Å². The number of carboxylic acid groups (broad SMARTS) is 1. The number of amides is 1. The maximum Gasteiger partial charge on any atom is 0.404 e. The fourth-order valence-electron chi connectivity index (χ4n) is 4.71. The molecular formula is C24H34N4O5S2. The third kappa shape index (κ3) is 5.63. The Kier molecular flexibility index (Phi) is 7.70. The van der Waals surface area contributed by atoms with Crippen LogP contribution in [0.15, 0.2) is 29.3 Å². The highest BCUT2D eigenvalue weighted by Crippen LogP contribution is 2.40. The second-order valence-corrected chi connectivity index (χ2v) is 12.5. The quantitative estimate of drug-likeness (QED) is 0.388. The molecule has 2 fully saturated rings. The number of rotatable bonds is 9. The summed E-state index contributed by atoms with van der Waals surface area (Å²) in [6.07, 6.45) is 4.01. The van der Waals surface area contributed by atoms with Crippen molar-refractivity contribution >= 4 is 33.1 Å². The number of sulfonamides is 1. The fraction of sp³-hybridized carbons (Fsp3) is 0.583. The molecular weight excluding hydrogens is 488 g/mol. The topological polar surface area (TPSA) is 130 Å². The van der Waals surface area contributed by atoms with Gasteiger partial charge in [-0.15, -0.1) is 11.3 Å². The molecule has 0 spiro atoms. The third-order valence-corrected chi connectivity index (χ3v) is 9.79. The van der Waals surface area contributed by atoms with E-state index in [0.29, 0.717) is 31.2 Å². The summed E-state index contributed by atoms with van der Waals surface area (Å²) in [6, 6.07) is 5.46. The molecule has 1 aromatic carbocycles. The van der Waals surface area contributed by atoms with Gasteiger partial charge in [-0.2, -0.15) is 0 Å². The predicted molar refractivity (Wildman–Crippen MR) is 137 cm³/mol. The van der Waals surface area contributed by atoms with Crippen molar-refractivity contribution in [2.45, 2.75) is 68.8 Å². The summed E-state index contributed by atoms with van der Waals surface area (Å²) in [6.45, 7) is 7.49. The van der Waals surface area contributed by atoms with Gasteiger partial charge in [-0.05, 0) is 43.7 Å². The first kappa shape index (κ1) is 25.9. The average molecular weight is 523 g/mol. The first-order valence-electron chi connectivity index (χ1n) is 12.1. The Morgan fingerprint density at radius 2 is 1.97 bits per heavy atom. The van der Waals surface area contributed by atoms with Gasteiger partial charge in [-0.1, -0.05) is 26.8 Å². The normalized spacial score (nSPS) is 21.9. The number of nitrogens with one attached hydrogen (secondary N) is 3. The molecule has 2 aromatic rings. The number of anilines is 1. The lowest BCUT2D eigenvalue weighted by atomic mass is 9.84. The Bertz CT molecular complexity index is 1150. The van der Waals surface area contributed by atoms with Crippen molar-refractivity contribution < 1.29 is 23.1 Å². The molecule has 11 heteroatoms. The van der Waals surface area contributed by atoms with Crippen molar-refractivity contribution in [2.75, 3.05) is 25.1 Å². The molecule has 1 aromatic heterocycles. The van der Waals surface area contributed by atoms with Crippen LogP contribution in [0, 0.1) is 5.92 Å². The summed E-state index contributed by atoms with van der Waals surface area (Å²) in [5, 5.41) is 16.0. The Labute approximate surface area is 210 Å². The zero-order chi connectivity index (χ0) is 25.2. The minimum atomic E-state index is -3.72. The standard InChI is InChI=1S/C24H34N4O5S2/c1-4-26-35(31,32)21-11-18(28-24(15(2)3)13-33-14-24)9-10-19(21)20-12-25-22(34-20)16-5-7-17(8-6-16)27-23(29)30/h9-12,15-17,26-28H,4-8,13-14H2,1-3H3,(H,29,30). The van der Waals surface area contributed by atoms with Crippen molar-refractivity contribution in [3.63, 3.8) is 0 Å². The van der Waals surface area contributed by atoms with E-state index in [-0.39, 0.29) is 22.4 Å². The number of benzene rings is 1. The van der Waals surface area contributed by atoms with Crippen molar-refractivity contribution in [3.05, 3.63) is 29.4 Å². The van der Waals surface area contributed by atoms with Crippen molar-refractivity contribution in [3.8, 4) is 10.4 Å². The van der Waals surface area contributed by atoms with Gasteiger partial charge in [-0.3, -0.25) is 0 Å². The highest BCUT2D eigenvalue weighted by atomic mass is 32.2. The summed E-state index contributed by atoms with van der Waals surface area (Å²) in [5.41, 5.74) is 1.17. The Hall–Kier alpha value is -2.21. The van der Waals surface area contributed by atoms with E-state index in [4.69, 9.17) is 9.84 Å². The van der Waals surface area contributed by atoms with Crippen LogP contribution in [0.1, 0.15) is 57.4 Å². The van der Waals surface area contributed by atoms with Crippen LogP contribution >= 0.6 is 11.3 Å². The van der Waals surface area contributed by atoms with E-state index in [2.05, 4.69) is 34.2 Å². The Morgan fingerprint density at radius 1 is 1.26 bits per heavy atom. The molecule has 35 heavy (non-hydrogen) atoms. The second-order valence-electron chi connectivity index (χ2n) is 9.70. The molecule has 1 saturated heterocycles. The number of hydrogen-bond acceptors (Lipinski definition) is 7. The summed E-state index contributed by atoms with van der Waals surface area (Å²) in [5.74, 6) is 0.578. The number of hydrogen-bond donors (Lipinski definition) is 4. The Morgan fingerprint density at radius 3 is 2.54 bits per heavy atom. The molecule has 1 saturated carbocycles. The van der Waals surface area contributed by atoms with Crippen LogP contribution in [0.3, 0.4) is 0 Å². The SMILES string of the molecule is CCNS(=O)(=O)c1cc(NC2(C(C)C)COC2)ccc1-c1cnc(C2CCC(NC(=O)O)CC2)s1. The largest absolute Gasteiger partial charge is 0.465 e. The molecule has 2 aliphatic rings. The van der Waals surface area contributed by atoms with Gasteiger partial charge >= 0.3 is 6.09 Å². The van der Waals surface area contributed by atoms with Crippen LogP contribution < -0.4 is 15.4 Å². The first-order valence-corrected chi connectivity index (χ1v) is 14.4.